The molecular formula is C19H24N2O. The number of amides is 1. The zero-order valence-corrected chi connectivity index (χ0v) is 13.5. The number of carbonyl (C=O) groups excluding carboxylic acids is 1. The van der Waals surface area contributed by atoms with Crippen molar-refractivity contribution in [2.45, 2.75) is 26.8 Å². The van der Waals surface area contributed by atoms with Crippen LogP contribution in [0.25, 0.3) is 0 Å². The summed E-state index contributed by atoms with van der Waals surface area (Å²) >= 11 is 0. The molecule has 0 aliphatic rings. The van der Waals surface area contributed by atoms with Crippen molar-refractivity contribution in [3.8, 4) is 0 Å². The molecule has 0 radical (unpaired) electrons. The summed E-state index contributed by atoms with van der Waals surface area (Å²) in [6.07, 6.45) is 0. The molecule has 0 unspecified atom stereocenters. The molecule has 2 aromatic rings. The highest BCUT2D eigenvalue weighted by molar-refractivity contribution is 5.92. The van der Waals surface area contributed by atoms with E-state index >= 15 is 0 Å². The number of benzene rings is 2. The van der Waals surface area contributed by atoms with E-state index in [0.29, 0.717) is 12.5 Å². The van der Waals surface area contributed by atoms with Crippen molar-refractivity contribution >= 4 is 11.6 Å². The van der Waals surface area contributed by atoms with Gasteiger partial charge in [-0.25, -0.2) is 0 Å². The van der Waals surface area contributed by atoms with Gasteiger partial charge in [-0.3, -0.25) is 4.79 Å². The maximum absolute atomic E-state index is 12.1. The van der Waals surface area contributed by atoms with Crippen molar-refractivity contribution in [3.63, 3.8) is 0 Å². The number of para-hydroxylation sites is 1. The number of anilines is 1. The molecule has 2 rings (SSSR count). The molecule has 0 aliphatic heterocycles. The lowest BCUT2D eigenvalue weighted by molar-refractivity contribution is -0.115. The van der Waals surface area contributed by atoms with Gasteiger partial charge in [-0.15, -0.1) is 0 Å². The summed E-state index contributed by atoms with van der Waals surface area (Å²) in [7, 11) is 0. The molecule has 0 aromatic heterocycles. The number of nitrogens with one attached hydrogen (secondary N) is 2. The highest BCUT2D eigenvalue weighted by atomic mass is 16.1. The fourth-order valence-corrected chi connectivity index (χ4v) is 2.51. The van der Waals surface area contributed by atoms with Gasteiger partial charge >= 0.3 is 0 Å². The number of carbonyl (C=O) groups is 1. The minimum absolute atomic E-state index is 0.0177. The average Bonchev–Trinajstić information content (AvgIpc) is 2.50. The molecule has 0 spiro atoms. The second-order valence-electron chi connectivity index (χ2n) is 5.88. The van der Waals surface area contributed by atoms with Crippen LogP contribution in [0.5, 0.6) is 0 Å². The lowest BCUT2D eigenvalue weighted by Gasteiger charge is -2.23. The standard InChI is InChI=1S/C19H24N2O/c1-14(2)19(16-10-5-4-6-11-16)20-13-18(22)21-17-12-8-7-9-15(17)3/h4-12,14,19-20H,13H2,1-3H3,(H,21,22)/t19-/m0/s1. The highest BCUT2D eigenvalue weighted by Gasteiger charge is 2.16. The zero-order chi connectivity index (χ0) is 15.9. The molecule has 0 aliphatic carbocycles. The van der Waals surface area contributed by atoms with E-state index in [1.807, 2.05) is 49.4 Å². The van der Waals surface area contributed by atoms with E-state index in [1.165, 1.54) is 5.56 Å². The largest absolute Gasteiger partial charge is 0.325 e. The Bertz CT molecular complexity index is 608. The van der Waals surface area contributed by atoms with E-state index in [4.69, 9.17) is 0 Å². The van der Waals surface area contributed by atoms with E-state index in [1.54, 1.807) is 0 Å². The van der Waals surface area contributed by atoms with E-state index in [-0.39, 0.29) is 11.9 Å². The summed E-state index contributed by atoms with van der Waals surface area (Å²) < 4.78 is 0. The Kier molecular flexibility index (Phi) is 5.73. The van der Waals surface area contributed by atoms with Gasteiger partial charge in [0.25, 0.3) is 0 Å². The second kappa shape index (κ2) is 7.76. The first-order chi connectivity index (χ1) is 10.6. The normalized spacial score (nSPS) is 12.2. The van der Waals surface area contributed by atoms with Crippen molar-refractivity contribution in [1.82, 2.24) is 5.32 Å². The maximum atomic E-state index is 12.1. The fraction of sp³-hybridized carbons (Fsp3) is 0.316. The molecule has 1 atom stereocenters. The van der Waals surface area contributed by atoms with Gasteiger partial charge in [-0.2, -0.15) is 0 Å². The molecule has 22 heavy (non-hydrogen) atoms. The van der Waals surface area contributed by atoms with Gasteiger partial charge in [0, 0.05) is 11.7 Å². The van der Waals surface area contributed by atoms with Crippen LogP contribution in [0.15, 0.2) is 54.6 Å². The van der Waals surface area contributed by atoms with E-state index < -0.39 is 0 Å². The number of rotatable bonds is 6. The molecule has 1 amide bonds. The summed E-state index contributed by atoms with van der Waals surface area (Å²) in [6.45, 7) is 6.60. The third-order valence-electron chi connectivity index (χ3n) is 3.73. The summed E-state index contributed by atoms with van der Waals surface area (Å²) in [5, 5.41) is 6.32. The fourth-order valence-electron chi connectivity index (χ4n) is 2.51. The lowest BCUT2D eigenvalue weighted by atomic mass is 9.96. The van der Waals surface area contributed by atoms with Crippen LogP contribution in [-0.2, 0) is 4.79 Å². The third kappa shape index (κ3) is 4.43. The Morgan fingerprint density at radius 1 is 1.00 bits per heavy atom. The van der Waals surface area contributed by atoms with Gasteiger partial charge in [0.1, 0.15) is 0 Å². The average molecular weight is 296 g/mol. The van der Waals surface area contributed by atoms with Crippen LogP contribution in [0.2, 0.25) is 0 Å². The van der Waals surface area contributed by atoms with Crippen molar-refractivity contribution < 1.29 is 4.79 Å². The smallest absolute Gasteiger partial charge is 0.238 e. The van der Waals surface area contributed by atoms with Crippen LogP contribution in [0.4, 0.5) is 5.69 Å². The van der Waals surface area contributed by atoms with E-state index in [0.717, 1.165) is 11.3 Å². The zero-order valence-electron chi connectivity index (χ0n) is 13.5. The van der Waals surface area contributed by atoms with Crippen LogP contribution in [0, 0.1) is 12.8 Å². The van der Waals surface area contributed by atoms with Crippen molar-refractivity contribution in [2.24, 2.45) is 5.92 Å². The monoisotopic (exact) mass is 296 g/mol. The van der Waals surface area contributed by atoms with Crippen LogP contribution in [0.3, 0.4) is 0 Å². The quantitative estimate of drug-likeness (QED) is 0.848. The van der Waals surface area contributed by atoms with Gasteiger partial charge < -0.3 is 10.6 Å². The second-order valence-corrected chi connectivity index (χ2v) is 5.88. The molecule has 0 saturated carbocycles. The number of aryl methyl sites for hydroxylation is 1. The molecule has 2 aromatic carbocycles. The van der Waals surface area contributed by atoms with E-state index in [9.17, 15) is 4.79 Å². The van der Waals surface area contributed by atoms with Crippen molar-refractivity contribution in [2.75, 3.05) is 11.9 Å². The predicted octanol–water partition coefficient (Wildman–Crippen LogP) is 3.92. The summed E-state index contributed by atoms with van der Waals surface area (Å²) in [4.78, 5) is 12.1. The van der Waals surface area contributed by atoms with Gasteiger partial charge in [-0.05, 0) is 30.0 Å². The molecule has 0 fully saturated rings. The van der Waals surface area contributed by atoms with E-state index in [2.05, 4.69) is 36.6 Å². The Labute approximate surface area is 132 Å². The summed E-state index contributed by atoms with van der Waals surface area (Å²) in [5.41, 5.74) is 3.15. The van der Waals surface area contributed by atoms with Gasteiger partial charge in [0.2, 0.25) is 5.91 Å². The van der Waals surface area contributed by atoms with Crippen LogP contribution < -0.4 is 10.6 Å². The van der Waals surface area contributed by atoms with Gasteiger partial charge in [0.05, 0.1) is 6.54 Å². The third-order valence-corrected chi connectivity index (χ3v) is 3.73. The summed E-state index contributed by atoms with van der Waals surface area (Å²) in [6, 6.07) is 18.2. The van der Waals surface area contributed by atoms with Crippen LogP contribution in [0.1, 0.15) is 31.0 Å². The van der Waals surface area contributed by atoms with Crippen molar-refractivity contribution in [1.29, 1.82) is 0 Å². The first-order valence-electron chi connectivity index (χ1n) is 7.71. The molecule has 0 saturated heterocycles. The first-order valence-corrected chi connectivity index (χ1v) is 7.71. The molecular weight excluding hydrogens is 272 g/mol. The lowest BCUT2D eigenvalue weighted by Crippen LogP contribution is -2.33. The number of hydrogen-bond acceptors (Lipinski definition) is 2. The first kappa shape index (κ1) is 16.2. The van der Waals surface area contributed by atoms with Gasteiger partial charge in [0.15, 0.2) is 0 Å². The Morgan fingerprint density at radius 3 is 2.27 bits per heavy atom. The molecule has 3 heteroatoms. The Hall–Kier alpha value is -2.13. The molecule has 116 valence electrons. The Morgan fingerprint density at radius 2 is 1.64 bits per heavy atom. The topological polar surface area (TPSA) is 41.1 Å². The minimum Gasteiger partial charge on any atom is -0.325 e. The molecule has 0 heterocycles. The number of hydrogen-bond donors (Lipinski definition) is 2. The van der Waals surface area contributed by atoms with Crippen LogP contribution >= 0.6 is 0 Å². The molecule has 3 nitrogen and oxygen atoms in total. The summed E-state index contributed by atoms with van der Waals surface area (Å²) in [5.74, 6) is 0.393. The minimum atomic E-state index is -0.0177. The maximum Gasteiger partial charge on any atom is 0.238 e. The SMILES string of the molecule is Cc1ccccc1NC(=O)CN[C@H](c1ccccc1)C(C)C. The van der Waals surface area contributed by atoms with Crippen molar-refractivity contribution in [3.05, 3.63) is 65.7 Å². The molecule has 0 bridgehead atoms. The predicted molar refractivity (Wildman–Crippen MR) is 91.8 cm³/mol. The Balaban J connectivity index is 1.95. The molecule has 2 N–H and O–H groups in total. The van der Waals surface area contributed by atoms with Crippen LogP contribution in [-0.4, -0.2) is 12.5 Å². The van der Waals surface area contributed by atoms with Gasteiger partial charge in [-0.1, -0.05) is 62.4 Å². The highest BCUT2D eigenvalue weighted by Crippen LogP contribution is 2.21.